The summed E-state index contributed by atoms with van der Waals surface area (Å²) in [7, 11) is 1.73. The predicted molar refractivity (Wildman–Crippen MR) is 57.2 cm³/mol. The number of carbonyl (C=O) groups excluding carboxylic acids is 2. The number of ketones is 1. The standard InChI is InChI=1S/C11H21NO2/c1-8(14)10(2,3)11(4,5)9(7-13)12-6/h7,9,12H,1-6H3. The highest BCUT2D eigenvalue weighted by molar-refractivity contribution is 5.83. The van der Waals surface area contributed by atoms with Crippen LogP contribution in [0.1, 0.15) is 34.6 Å². The number of hydrogen-bond donors (Lipinski definition) is 1. The number of hydrogen-bond acceptors (Lipinski definition) is 3. The Kier molecular flexibility index (Phi) is 4.01. The zero-order chi connectivity index (χ0) is 11.6. The summed E-state index contributed by atoms with van der Waals surface area (Å²) in [6.45, 7) is 9.19. The van der Waals surface area contributed by atoms with E-state index < -0.39 is 10.8 Å². The molecule has 0 aromatic rings. The number of carbonyl (C=O) groups is 2. The highest BCUT2D eigenvalue weighted by Crippen LogP contribution is 2.41. The Bertz CT molecular complexity index is 231. The van der Waals surface area contributed by atoms with E-state index in [4.69, 9.17) is 0 Å². The fraction of sp³-hybridized carbons (Fsp3) is 0.818. The molecular weight excluding hydrogens is 178 g/mol. The number of aldehydes is 1. The molecule has 0 saturated carbocycles. The molecule has 3 nitrogen and oxygen atoms in total. The van der Waals surface area contributed by atoms with Crippen molar-refractivity contribution in [3.63, 3.8) is 0 Å². The second kappa shape index (κ2) is 4.22. The summed E-state index contributed by atoms with van der Waals surface area (Å²) in [4.78, 5) is 22.4. The maximum absolute atomic E-state index is 11.5. The summed E-state index contributed by atoms with van der Waals surface area (Å²) in [5, 5.41) is 2.93. The second-order valence-electron chi connectivity index (χ2n) is 4.81. The van der Waals surface area contributed by atoms with Crippen molar-refractivity contribution in [2.45, 2.75) is 40.7 Å². The van der Waals surface area contributed by atoms with E-state index in [2.05, 4.69) is 5.32 Å². The fourth-order valence-electron chi connectivity index (χ4n) is 1.44. The van der Waals surface area contributed by atoms with Crippen molar-refractivity contribution in [1.29, 1.82) is 0 Å². The normalized spacial score (nSPS) is 15.0. The van der Waals surface area contributed by atoms with Crippen molar-refractivity contribution in [3.8, 4) is 0 Å². The Balaban J connectivity index is 5.10. The highest BCUT2D eigenvalue weighted by atomic mass is 16.1. The van der Waals surface area contributed by atoms with E-state index in [1.165, 1.54) is 0 Å². The summed E-state index contributed by atoms with van der Waals surface area (Å²) in [6.07, 6.45) is 0.866. The Morgan fingerprint density at radius 3 is 1.93 bits per heavy atom. The quantitative estimate of drug-likeness (QED) is 0.681. The molecule has 0 fully saturated rings. The van der Waals surface area contributed by atoms with Crippen molar-refractivity contribution in [1.82, 2.24) is 5.32 Å². The van der Waals surface area contributed by atoms with Crippen molar-refractivity contribution in [2.24, 2.45) is 10.8 Å². The third kappa shape index (κ3) is 2.03. The monoisotopic (exact) mass is 199 g/mol. The molecule has 0 saturated heterocycles. The minimum absolute atomic E-state index is 0.101. The van der Waals surface area contributed by atoms with E-state index in [0.717, 1.165) is 6.29 Å². The van der Waals surface area contributed by atoms with Crippen LogP contribution in [-0.4, -0.2) is 25.2 Å². The molecular formula is C11H21NO2. The second-order valence-corrected chi connectivity index (χ2v) is 4.81. The van der Waals surface area contributed by atoms with Gasteiger partial charge in [-0.25, -0.2) is 0 Å². The van der Waals surface area contributed by atoms with Gasteiger partial charge in [-0.1, -0.05) is 27.7 Å². The summed E-state index contributed by atoms with van der Waals surface area (Å²) in [6, 6.07) is -0.304. The van der Waals surface area contributed by atoms with Gasteiger partial charge in [0.05, 0.1) is 6.04 Å². The van der Waals surface area contributed by atoms with Gasteiger partial charge in [-0.3, -0.25) is 4.79 Å². The van der Waals surface area contributed by atoms with Crippen LogP contribution in [0.25, 0.3) is 0 Å². The molecule has 1 atom stereocenters. The fourth-order valence-corrected chi connectivity index (χ4v) is 1.44. The van der Waals surface area contributed by atoms with Crippen LogP contribution < -0.4 is 5.32 Å². The van der Waals surface area contributed by atoms with Crippen LogP contribution in [0, 0.1) is 10.8 Å². The summed E-state index contributed by atoms with van der Waals surface area (Å²) in [5.41, 5.74) is -0.906. The minimum Gasteiger partial charge on any atom is -0.310 e. The third-order valence-corrected chi connectivity index (χ3v) is 3.72. The molecule has 14 heavy (non-hydrogen) atoms. The van der Waals surface area contributed by atoms with Gasteiger partial charge in [-0.15, -0.1) is 0 Å². The van der Waals surface area contributed by atoms with Crippen molar-refractivity contribution in [2.75, 3.05) is 7.05 Å². The van der Waals surface area contributed by atoms with Crippen molar-refractivity contribution in [3.05, 3.63) is 0 Å². The number of likely N-dealkylation sites (N-methyl/N-ethyl adjacent to an activating group) is 1. The summed E-state index contributed by atoms with van der Waals surface area (Å²) >= 11 is 0. The van der Waals surface area contributed by atoms with E-state index in [0.29, 0.717) is 0 Å². The molecule has 0 aliphatic rings. The lowest BCUT2D eigenvalue weighted by atomic mass is 9.62. The van der Waals surface area contributed by atoms with Crippen LogP contribution in [0.5, 0.6) is 0 Å². The molecule has 0 heterocycles. The first-order valence-corrected chi connectivity index (χ1v) is 4.85. The molecule has 1 unspecified atom stereocenters. The van der Waals surface area contributed by atoms with Crippen LogP contribution >= 0.6 is 0 Å². The van der Waals surface area contributed by atoms with Crippen LogP contribution in [0.2, 0.25) is 0 Å². The lowest BCUT2D eigenvalue weighted by Gasteiger charge is -2.43. The van der Waals surface area contributed by atoms with Gasteiger partial charge in [0, 0.05) is 5.41 Å². The first kappa shape index (κ1) is 13.3. The molecule has 1 N–H and O–H groups in total. The van der Waals surface area contributed by atoms with E-state index >= 15 is 0 Å². The molecule has 0 rings (SSSR count). The molecule has 0 amide bonds. The predicted octanol–water partition coefficient (Wildman–Crippen LogP) is 1.41. The van der Waals surface area contributed by atoms with E-state index in [9.17, 15) is 9.59 Å². The average Bonchev–Trinajstić information content (AvgIpc) is 2.05. The van der Waals surface area contributed by atoms with Crippen molar-refractivity contribution < 1.29 is 9.59 Å². The molecule has 0 bridgehead atoms. The summed E-state index contributed by atoms with van der Waals surface area (Å²) in [5.74, 6) is 0.101. The van der Waals surface area contributed by atoms with Gasteiger partial charge in [0.25, 0.3) is 0 Å². The van der Waals surface area contributed by atoms with Gasteiger partial charge in [-0.2, -0.15) is 0 Å². The van der Waals surface area contributed by atoms with Gasteiger partial charge < -0.3 is 10.1 Å². The Morgan fingerprint density at radius 2 is 1.71 bits per heavy atom. The Labute approximate surface area is 86.3 Å². The average molecular weight is 199 g/mol. The molecule has 0 aliphatic carbocycles. The molecule has 0 aliphatic heterocycles. The topological polar surface area (TPSA) is 46.2 Å². The van der Waals surface area contributed by atoms with E-state index in [1.54, 1.807) is 14.0 Å². The van der Waals surface area contributed by atoms with Gasteiger partial charge in [0.15, 0.2) is 0 Å². The molecule has 0 spiro atoms. The van der Waals surface area contributed by atoms with Crippen LogP contribution in [0.15, 0.2) is 0 Å². The maximum Gasteiger partial charge on any atom is 0.137 e. The molecule has 0 radical (unpaired) electrons. The SMILES string of the molecule is CNC(C=O)C(C)(C)C(C)(C)C(C)=O. The van der Waals surface area contributed by atoms with Gasteiger partial charge in [-0.05, 0) is 19.4 Å². The zero-order valence-corrected chi connectivity index (χ0v) is 9.97. The van der Waals surface area contributed by atoms with Gasteiger partial charge in [0.1, 0.15) is 12.1 Å². The molecule has 82 valence electrons. The van der Waals surface area contributed by atoms with Gasteiger partial charge in [0.2, 0.25) is 0 Å². The zero-order valence-electron chi connectivity index (χ0n) is 9.97. The molecule has 3 heteroatoms. The molecule has 0 aromatic carbocycles. The molecule has 0 aromatic heterocycles. The lowest BCUT2D eigenvalue weighted by Crippen LogP contribution is -2.52. The van der Waals surface area contributed by atoms with E-state index in [-0.39, 0.29) is 11.8 Å². The van der Waals surface area contributed by atoms with Crippen LogP contribution in [0.4, 0.5) is 0 Å². The first-order chi connectivity index (χ1) is 6.21. The third-order valence-electron chi connectivity index (χ3n) is 3.72. The van der Waals surface area contributed by atoms with Crippen molar-refractivity contribution >= 4 is 12.1 Å². The minimum atomic E-state index is -0.512. The first-order valence-electron chi connectivity index (χ1n) is 4.85. The maximum atomic E-state index is 11.5. The largest absolute Gasteiger partial charge is 0.310 e. The van der Waals surface area contributed by atoms with E-state index in [1.807, 2.05) is 27.7 Å². The number of nitrogens with one attached hydrogen (secondary N) is 1. The Hall–Kier alpha value is -0.700. The number of rotatable bonds is 5. The highest BCUT2D eigenvalue weighted by Gasteiger charge is 2.45. The summed E-state index contributed by atoms with van der Waals surface area (Å²) < 4.78 is 0. The van der Waals surface area contributed by atoms with Crippen LogP contribution in [0.3, 0.4) is 0 Å². The smallest absolute Gasteiger partial charge is 0.137 e. The number of Topliss-reactive ketones (excluding diaryl/α,β-unsaturated/α-hetero) is 1. The van der Waals surface area contributed by atoms with Crippen LogP contribution in [-0.2, 0) is 9.59 Å². The lowest BCUT2D eigenvalue weighted by molar-refractivity contribution is -0.133. The Morgan fingerprint density at radius 1 is 1.29 bits per heavy atom. The van der Waals surface area contributed by atoms with Gasteiger partial charge >= 0.3 is 0 Å².